The van der Waals surface area contributed by atoms with Crippen molar-refractivity contribution in [2.45, 2.75) is 33.2 Å². The summed E-state index contributed by atoms with van der Waals surface area (Å²) in [5, 5.41) is 0. The van der Waals surface area contributed by atoms with Gasteiger partial charge in [0.2, 0.25) is 0 Å². The Balaban J connectivity index is 2.59. The molecule has 1 heterocycles. The summed E-state index contributed by atoms with van der Waals surface area (Å²) in [7, 11) is 0. The molecule has 1 unspecified atom stereocenters. The van der Waals surface area contributed by atoms with Crippen LogP contribution in [0.2, 0.25) is 0 Å². The lowest BCUT2D eigenvalue weighted by Crippen LogP contribution is -2.16. The maximum absolute atomic E-state index is 11.8. The molecule has 84 valence electrons. The third-order valence-electron chi connectivity index (χ3n) is 2.97. The zero-order chi connectivity index (χ0) is 11.7. The molecule has 0 radical (unpaired) electrons. The van der Waals surface area contributed by atoms with E-state index in [4.69, 9.17) is 0 Å². The number of hydrogen-bond donors (Lipinski definition) is 0. The van der Waals surface area contributed by atoms with Crippen molar-refractivity contribution in [2.24, 2.45) is 0 Å². The second-order valence-corrected chi connectivity index (χ2v) is 4.01. The molecule has 0 aliphatic rings. The van der Waals surface area contributed by atoms with Gasteiger partial charge in [0, 0.05) is 6.42 Å². The van der Waals surface area contributed by atoms with Crippen LogP contribution in [0.3, 0.4) is 0 Å². The number of carbonyl (C=O) groups excluding carboxylic acids is 1. The number of para-hydroxylation sites is 2. The molecule has 1 aromatic carbocycles. The van der Waals surface area contributed by atoms with E-state index in [2.05, 4.69) is 4.98 Å². The predicted molar refractivity (Wildman–Crippen MR) is 64.5 cm³/mol. The predicted octanol–water partition coefficient (Wildman–Crippen LogP) is 2.88. The highest BCUT2D eigenvalue weighted by Crippen LogP contribution is 2.21. The molecule has 2 aromatic rings. The molecule has 0 saturated heterocycles. The molecule has 0 fully saturated rings. The second kappa shape index (κ2) is 4.08. The summed E-state index contributed by atoms with van der Waals surface area (Å²) in [5.41, 5.74) is 1.99. The summed E-state index contributed by atoms with van der Waals surface area (Å²) in [6, 6.07) is 7.79. The largest absolute Gasteiger partial charge is 0.318 e. The van der Waals surface area contributed by atoms with Gasteiger partial charge in [0.25, 0.3) is 0 Å². The van der Waals surface area contributed by atoms with Gasteiger partial charge < -0.3 is 4.57 Å². The molecule has 0 aliphatic carbocycles. The minimum absolute atomic E-state index is 0.127. The molecule has 2 rings (SSSR count). The Bertz CT molecular complexity index is 528. The standard InChI is InChI=1S/C13H16N2O/c1-4-13(16)9(2)15-10(3)14-11-7-5-6-8-12(11)15/h5-9H,4H2,1-3H3. The van der Waals surface area contributed by atoms with E-state index in [0.717, 1.165) is 16.9 Å². The van der Waals surface area contributed by atoms with Crippen molar-refractivity contribution in [3.05, 3.63) is 30.1 Å². The van der Waals surface area contributed by atoms with Crippen molar-refractivity contribution in [1.82, 2.24) is 9.55 Å². The van der Waals surface area contributed by atoms with Crippen LogP contribution in [-0.4, -0.2) is 15.3 Å². The first-order valence-electron chi connectivity index (χ1n) is 5.61. The molecule has 1 atom stereocenters. The molecule has 0 saturated carbocycles. The van der Waals surface area contributed by atoms with Gasteiger partial charge in [0.15, 0.2) is 5.78 Å². The lowest BCUT2D eigenvalue weighted by Gasteiger charge is -2.14. The van der Waals surface area contributed by atoms with E-state index in [1.54, 1.807) is 0 Å². The van der Waals surface area contributed by atoms with Crippen molar-refractivity contribution in [3.8, 4) is 0 Å². The Morgan fingerprint density at radius 2 is 2.12 bits per heavy atom. The molecule has 1 aromatic heterocycles. The number of Topliss-reactive ketones (excluding diaryl/α,β-unsaturated/α-hetero) is 1. The van der Waals surface area contributed by atoms with Crippen molar-refractivity contribution >= 4 is 16.8 Å². The van der Waals surface area contributed by atoms with Gasteiger partial charge in [0.05, 0.1) is 17.1 Å². The van der Waals surface area contributed by atoms with Crippen molar-refractivity contribution < 1.29 is 4.79 Å². The van der Waals surface area contributed by atoms with E-state index in [1.807, 2.05) is 49.6 Å². The number of fused-ring (bicyclic) bond motifs is 1. The average molecular weight is 216 g/mol. The normalized spacial score (nSPS) is 12.9. The maximum atomic E-state index is 11.8. The Morgan fingerprint density at radius 3 is 2.81 bits per heavy atom. The fraction of sp³-hybridized carbons (Fsp3) is 0.385. The van der Waals surface area contributed by atoms with Gasteiger partial charge >= 0.3 is 0 Å². The number of aromatic nitrogens is 2. The Kier molecular flexibility index (Phi) is 2.77. The third-order valence-corrected chi connectivity index (χ3v) is 2.97. The minimum atomic E-state index is -0.127. The van der Waals surface area contributed by atoms with Crippen LogP contribution in [-0.2, 0) is 4.79 Å². The number of carbonyl (C=O) groups is 1. The molecule has 3 nitrogen and oxygen atoms in total. The molecule has 0 bridgehead atoms. The lowest BCUT2D eigenvalue weighted by atomic mass is 10.1. The zero-order valence-corrected chi connectivity index (χ0v) is 9.90. The molecule has 3 heteroatoms. The lowest BCUT2D eigenvalue weighted by molar-refractivity contribution is -0.121. The highest BCUT2D eigenvalue weighted by atomic mass is 16.1. The van der Waals surface area contributed by atoms with Crippen LogP contribution >= 0.6 is 0 Å². The number of benzene rings is 1. The number of imidazole rings is 1. The smallest absolute Gasteiger partial charge is 0.155 e. The summed E-state index contributed by atoms with van der Waals surface area (Å²) in [4.78, 5) is 16.2. The van der Waals surface area contributed by atoms with Gasteiger partial charge in [-0.1, -0.05) is 19.1 Å². The monoisotopic (exact) mass is 216 g/mol. The second-order valence-electron chi connectivity index (χ2n) is 4.01. The summed E-state index contributed by atoms with van der Waals surface area (Å²) < 4.78 is 2.02. The molecular formula is C13H16N2O. The highest BCUT2D eigenvalue weighted by molar-refractivity contribution is 5.85. The number of nitrogens with zero attached hydrogens (tertiary/aromatic N) is 2. The van der Waals surface area contributed by atoms with Crippen LogP contribution < -0.4 is 0 Å². The van der Waals surface area contributed by atoms with E-state index >= 15 is 0 Å². The van der Waals surface area contributed by atoms with Crippen LogP contribution in [0, 0.1) is 6.92 Å². The van der Waals surface area contributed by atoms with Crippen LogP contribution in [0.25, 0.3) is 11.0 Å². The van der Waals surface area contributed by atoms with E-state index in [1.165, 1.54) is 0 Å². The van der Waals surface area contributed by atoms with Gasteiger partial charge in [-0.15, -0.1) is 0 Å². The minimum Gasteiger partial charge on any atom is -0.318 e. The first kappa shape index (κ1) is 10.9. The number of rotatable bonds is 3. The molecular weight excluding hydrogens is 200 g/mol. The van der Waals surface area contributed by atoms with Gasteiger partial charge in [-0.2, -0.15) is 0 Å². The molecule has 0 aliphatic heterocycles. The van der Waals surface area contributed by atoms with Crippen molar-refractivity contribution in [3.63, 3.8) is 0 Å². The number of aryl methyl sites for hydroxylation is 1. The summed E-state index contributed by atoms with van der Waals surface area (Å²) in [6.45, 7) is 5.78. The zero-order valence-electron chi connectivity index (χ0n) is 9.90. The summed E-state index contributed by atoms with van der Waals surface area (Å²) >= 11 is 0. The maximum Gasteiger partial charge on any atom is 0.155 e. The Hall–Kier alpha value is -1.64. The highest BCUT2D eigenvalue weighted by Gasteiger charge is 2.17. The van der Waals surface area contributed by atoms with E-state index in [9.17, 15) is 4.79 Å². The van der Waals surface area contributed by atoms with Crippen LogP contribution in [0.5, 0.6) is 0 Å². The summed E-state index contributed by atoms with van der Waals surface area (Å²) in [5.74, 6) is 1.14. The van der Waals surface area contributed by atoms with E-state index in [0.29, 0.717) is 6.42 Å². The Labute approximate surface area is 95.1 Å². The van der Waals surface area contributed by atoms with Gasteiger partial charge in [0.1, 0.15) is 5.82 Å². The fourth-order valence-corrected chi connectivity index (χ4v) is 2.09. The first-order chi connectivity index (χ1) is 7.65. The molecule has 0 spiro atoms. The third kappa shape index (κ3) is 1.62. The van der Waals surface area contributed by atoms with E-state index < -0.39 is 0 Å². The van der Waals surface area contributed by atoms with Crippen LogP contribution in [0.4, 0.5) is 0 Å². The first-order valence-corrected chi connectivity index (χ1v) is 5.61. The number of hydrogen-bond acceptors (Lipinski definition) is 2. The summed E-state index contributed by atoms with van der Waals surface area (Å²) in [6.07, 6.45) is 0.563. The Morgan fingerprint density at radius 1 is 1.44 bits per heavy atom. The number of ketones is 1. The molecule has 0 N–H and O–H groups in total. The molecule has 16 heavy (non-hydrogen) atoms. The van der Waals surface area contributed by atoms with Crippen molar-refractivity contribution in [1.29, 1.82) is 0 Å². The average Bonchev–Trinajstić information content (AvgIpc) is 2.63. The van der Waals surface area contributed by atoms with Gasteiger partial charge in [-0.3, -0.25) is 4.79 Å². The topological polar surface area (TPSA) is 34.9 Å². The van der Waals surface area contributed by atoms with Gasteiger partial charge in [-0.25, -0.2) is 4.98 Å². The van der Waals surface area contributed by atoms with Crippen LogP contribution in [0.1, 0.15) is 32.1 Å². The van der Waals surface area contributed by atoms with E-state index in [-0.39, 0.29) is 11.8 Å². The van der Waals surface area contributed by atoms with Crippen LogP contribution in [0.15, 0.2) is 24.3 Å². The SMILES string of the molecule is CCC(=O)C(C)n1c(C)nc2ccccc21. The molecule has 0 amide bonds. The van der Waals surface area contributed by atoms with Gasteiger partial charge in [-0.05, 0) is 26.0 Å². The van der Waals surface area contributed by atoms with Crippen molar-refractivity contribution in [2.75, 3.05) is 0 Å². The quantitative estimate of drug-likeness (QED) is 0.790. The fourth-order valence-electron chi connectivity index (χ4n) is 2.09.